The fourth-order valence-corrected chi connectivity index (χ4v) is 2.42. The van der Waals surface area contributed by atoms with E-state index in [2.05, 4.69) is 9.88 Å². The molecule has 0 aliphatic rings. The standard InChI is InChI=1S/C15H25N3O3/c1-6-18(9-7-8-17(4)5)14(19)12-10(2)13(15(20)21)16-11(12)3/h16H,6-9H2,1-5H3,(H,20,21). The van der Waals surface area contributed by atoms with Crippen molar-refractivity contribution in [3.8, 4) is 0 Å². The molecule has 1 aromatic heterocycles. The fraction of sp³-hybridized carbons (Fsp3) is 0.600. The molecule has 0 atom stereocenters. The molecule has 1 amide bonds. The number of carbonyl (C=O) groups excluding carboxylic acids is 1. The lowest BCUT2D eigenvalue weighted by atomic mass is 10.1. The lowest BCUT2D eigenvalue weighted by Gasteiger charge is -2.22. The summed E-state index contributed by atoms with van der Waals surface area (Å²) in [5.74, 6) is -1.14. The van der Waals surface area contributed by atoms with E-state index in [4.69, 9.17) is 5.11 Å². The molecule has 6 nitrogen and oxygen atoms in total. The van der Waals surface area contributed by atoms with Crippen LogP contribution in [-0.4, -0.2) is 65.5 Å². The Hall–Kier alpha value is -1.82. The maximum atomic E-state index is 12.6. The number of carboxylic acids is 1. The van der Waals surface area contributed by atoms with Gasteiger partial charge >= 0.3 is 5.97 Å². The molecule has 0 aliphatic carbocycles. The first-order chi connectivity index (χ1) is 9.79. The van der Waals surface area contributed by atoms with Crippen LogP contribution >= 0.6 is 0 Å². The summed E-state index contributed by atoms with van der Waals surface area (Å²) in [4.78, 5) is 30.4. The van der Waals surface area contributed by atoms with Crippen LogP contribution < -0.4 is 0 Å². The molecule has 0 aliphatic heterocycles. The average Bonchev–Trinajstić information content (AvgIpc) is 2.69. The van der Waals surface area contributed by atoms with E-state index in [-0.39, 0.29) is 11.6 Å². The molecule has 0 saturated carbocycles. The monoisotopic (exact) mass is 295 g/mol. The van der Waals surface area contributed by atoms with E-state index in [9.17, 15) is 9.59 Å². The molecule has 0 aromatic carbocycles. The van der Waals surface area contributed by atoms with Gasteiger partial charge in [-0.05, 0) is 53.4 Å². The molecule has 0 fully saturated rings. The molecule has 6 heteroatoms. The topological polar surface area (TPSA) is 76.6 Å². The molecule has 0 bridgehead atoms. The molecule has 21 heavy (non-hydrogen) atoms. The Morgan fingerprint density at radius 3 is 2.24 bits per heavy atom. The maximum absolute atomic E-state index is 12.6. The third-order valence-electron chi connectivity index (χ3n) is 3.57. The van der Waals surface area contributed by atoms with Crippen molar-refractivity contribution in [2.24, 2.45) is 0 Å². The zero-order valence-electron chi connectivity index (χ0n) is 13.5. The van der Waals surface area contributed by atoms with E-state index in [0.29, 0.717) is 29.9 Å². The summed E-state index contributed by atoms with van der Waals surface area (Å²) in [6.07, 6.45) is 0.890. The van der Waals surface area contributed by atoms with Crippen molar-refractivity contribution >= 4 is 11.9 Å². The van der Waals surface area contributed by atoms with E-state index in [1.807, 2.05) is 21.0 Å². The summed E-state index contributed by atoms with van der Waals surface area (Å²) in [5, 5.41) is 9.12. The van der Waals surface area contributed by atoms with Crippen LogP contribution in [-0.2, 0) is 0 Å². The van der Waals surface area contributed by atoms with Crippen LogP contribution in [0.15, 0.2) is 0 Å². The van der Waals surface area contributed by atoms with Crippen molar-refractivity contribution in [2.75, 3.05) is 33.7 Å². The molecule has 2 N–H and O–H groups in total. The minimum Gasteiger partial charge on any atom is -0.477 e. The smallest absolute Gasteiger partial charge is 0.352 e. The summed E-state index contributed by atoms with van der Waals surface area (Å²) < 4.78 is 0. The Morgan fingerprint density at radius 2 is 1.81 bits per heavy atom. The van der Waals surface area contributed by atoms with Crippen molar-refractivity contribution in [3.05, 3.63) is 22.5 Å². The summed E-state index contributed by atoms with van der Waals surface area (Å²) in [6, 6.07) is 0. The number of rotatable bonds is 7. The first kappa shape index (κ1) is 17.2. The maximum Gasteiger partial charge on any atom is 0.352 e. The van der Waals surface area contributed by atoms with E-state index < -0.39 is 5.97 Å². The number of amides is 1. The summed E-state index contributed by atoms with van der Waals surface area (Å²) in [6.45, 7) is 7.53. The highest BCUT2D eigenvalue weighted by Gasteiger charge is 2.24. The van der Waals surface area contributed by atoms with Crippen LogP contribution in [0, 0.1) is 13.8 Å². The second-order valence-electron chi connectivity index (χ2n) is 5.47. The second kappa shape index (κ2) is 7.26. The van der Waals surface area contributed by atoms with Gasteiger partial charge in [0, 0.05) is 18.8 Å². The summed E-state index contributed by atoms with van der Waals surface area (Å²) in [7, 11) is 4.00. The molecule has 0 saturated heterocycles. The second-order valence-corrected chi connectivity index (χ2v) is 5.47. The van der Waals surface area contributed by atoms with Crippen molar-refractivity contribution in [2.45, 2.75) is 27.2 Å². The quantitative estimate of drug-likeness (QED) is 0.803. The molecular weight excluding hydrogens is 270 g/mol. The van der Waals surface area contributed by atoms with E-state index in [1.165, 1.54) is 0 Å². The minimum absolute atomic E-state index is 0.0974. The lowest BCUT2D eigenvalue weighted by molar-refractivity contribution is 0.0690. The number of hydrogen-bond donors (Lipinski definition) is 2. The van der Waals surface area contributed by atoms with E-state index in [0.717, 1.165) is 13.0 Å². The molecule has 0 radical (unpaired) electrons. The van der Waals surface area contributed by atoms with Crippen LogP contribution in [0.25, 0.3) is 0 Å². The molecule has 0 spiro atoms. The Morgan fingerprint density at radius 1 is 1.19 bits per heavy atom. The van der Waals surface area contributed by atoms with Gasteiger partial charge in [-0.25, -0.2) is 4.79 Å². The van der Waals surface area contributed by atoms with Gasteiger partial charge in [0.15, 0.2) is 0 Å². The van der Waals surface area contributed by atoms with Gasteiger partial charge in [-0.15, -0.1) is 0 Å². The fourth-order valence-electron chi connectivity index (χ4n) is 2.42. The lowest BCUT2D eigenvalue weighted by Crippen LogP contribution is -2.33. The number of hydrogen-bond acceptors (Lipinski definition) is 3. The van der Waals surface area contributed by atoms with Crippen molar-refractivity contribution in [1.29, 1.82) is 0 Å². The SMILES string of the molecule is CCN(CCCN(C)C)C(=O)c1c(C)[nH]c(C(=O)O)c1C. The van der Waals surface area contributed by atoms with Crippen molar-refractivity contribution in [3.63, 3.8) is 0 Å². The normalized spacial score (nSPS) is 11.0. The zero-order valence-corrected chi connectivity index (χ0v) is 13.5. The highest BCUT2D eigenvalue weighted by Crippen LogP contribution is 2.20. The van der Waals surface area contributed by atoms with Gasteiger partial charge in [0.1, 0.15) is 5.69 Å². The highest BCUT2D eigenvalue weighted by molar-refractivity contribution is 6.00. The third-order valence-corrected chi connectivity index (χ3v) is 3.57. The first-order valence-electron chi connectivity index (χ1n) is 7.16. The molecular formula is C15H25N3O3. The predicted octanol–water partition coefficient (Wildman–Crippen LogP) is 1.74. The van der Waals surface area contributed by atoms with Crippen LogP contribution in [0.1, 0.15) is 45.4 Å². The summed E-state index contributed by atoms with van der Waals surface area (Å²) >= 11 is 0. The predicted molar refractivity (Wildman–Crippen MR) is 82.0 cm³/mol. The van der Waals surface area contributed by atoms with Gasteiger partial charge in [0.2, 0.25) is 0 Å². The van der Waals surface area contributed by atoms with E-state index in [1.54, 1.807) is 18.7 Å². The van der Waals surface area contributed by atoms with Gasteiger partial charge in [-0.1, -0.05) is 0 Å². The number of aromatic carboxylic acids is 1. The number of nitrogens with one attached hydrogen (secondary N) is 1. The van der Waals surface area contributed by atoms with Crippen LogP contribution in [0.5, 0.6) is 0 Å². The number of H-pyrrole nitrogens is 1. The highest BCUT2D eigenvalue weighted by atomic mass is 16.4. The van der Waals surface area contributed by atoms with Gasteiger partial charge in [0.05, 0.1) is 5.56 Å². The Labute approximate surface area is 125 Å². The van der Waals surface area contributed by atoms with Crippen molar-refractivity contribution in [1.82, 2.24) is 14.8 Å². The first-order valence-corrected chi connectivity index (χ1v) is 7.16. The number of aromatic nitrogens is 1. The minimum atomic E-state index is -1.04. The third kappa shape index (κ3) is 4.07. The number of carboxylic acid groups (broad SMARTS) is 1. The number of aromatic amines is 1. The Bertz CT molecular complexity index is 520. The van der Waals surface area contributed by atoms with Crippen molar-refractivity contribution < 1.29 is 14.7 Å². The molecule has 1 aromatic rings. The Balaban J connectivity index is 2.92. The molecule has 1 heterocycles. The van der Waals surface area contributed by atoms with Crippen LogP contribution in [0.4, 0.5) is 0 Å². The van der Waals surface area contributed by atoms with Gasteiger partial charge in [0.25, 0.3) is 5.91 Å². The van der Waals surface area contributed by atoms with Gasteiger partial charge < -0.3 is 19.9 Å². The van der Waals surface area contributed by atoms with Crippen LogP contribution in [0.2, 0.25) is 0 Å². The summed E-state index contributed by atoms with van der Waals surface area (Å²) in [5.41, 5.74) is 1.70. The Kier molecular flexibility index (Phi) is 5.96. The molecule has 0 unspecified atom stereocenters. The number of aryl methyl sites for hydroxylation is 1. The largest absolute Gasteiger partial charge is 0.477 e. The van der Waals surface area contributed by atoms with Gasteiger partial charge in [-0.2, -0.15) is 0 Å². The van der Waals surface area contributed by atoms with Gasteiger partial charge in [-0.3, -0.25) is 4.79 Å². The number of carbonyl (C=O) groups is 2. The van der Waals surface area contributed by atoms with Crippen LogP contribution in [0.3, 0.4) is 0 Å². The average molecular weight is 295 g/mol. The number of nitrogens with zero attached hydrogens (tertiary/aromatic N) is 2. The molecule has 118 valence electrons. The zero-order chi connectivity index (χ0) is 16.2. The molecule has 1 rings (SSSR count). The van der Waals surface area contributed by atoms with E-state index >= 15 is 0 Å².